The summed E-state index contributed by atoms with van der Waals surface area (Å²) in [5.74, 6) is 0.208. The fourth-order valence-corrected chi connectivity index (χ4v) is 1.59. The van der Waals surface area contributed by atoms with Crippen LogP contribution in [0.15, 0.2) is 18.3 Å². The Labute approximate surface area is 87.7 Å². The summed E-state index contributed by atoms with van der Waals surface area (Å²) in [6, 6.07) is 2.91. The Balaban J connectivity index is 2.02. The number of nitrogens with one attached hydrogen (secondary N) is 1. The molecule has 2 heterocycles. The monoisotopic (exact) mass is 207 g/mol. The zero-order valence-corrected chi connectivity index (χ0v) is 8.31. The molecular formula is C10H13N3O2. The van der Waals surface area contributed by atoms with Gasteiger partial charge in [-0.25, -0.2) is 9.78 Å². The van der Waals surface area contributed by atoms with E-state index in [2.05, 4.69) is 10.3 Å². The second-order valence-corrected chi connectivity index (χ2v) is 3.50. The van der Waals surface area contributed by atoms with Crippen LogP contribution in [0.25, 0.3) is 0 Å². The van der Waals surface area contributed by atoms with E-state index >= 15 is 0 Å². The minimum atomic E-state index is -0.193. The summed E-state index contributed by atoms with van der Waals surface area (Å²) in [6.07, 6.45) is 3.61. The summed E-state index contributed by atoms with van der Waals surface area (Å²) < 4.78 is 0. The molecule has 80 valence electrons. The Morgan fingerprint density at radius 2 is 2.20 bits per heavy atom. The van der Waals surface area contributed by atoms with Crippen molar-refractivity contribution in [3.63, 3.8) is 0 Å². The quantitative estimate of drug-likeness (QED) is 0.731. The van der Waals surface area contributed by atoms with Gasteiger partial charge in [-0.1, -0.05) is 0 Å². The van der Waals surface area contributed by atoms with Gasteiger partial charge in [-0.15, -0.1) is 0 Å². The van der Waals surface area contributed by atoms with Crippen molar-refractivity contribution in [3.05, 3.63) is 18.3 Å². The van der Waals surface area contributed by atoms with Crippen molar-refractivity contribution in [2.24, 2.45) is 0 Å². The molecule has 1 aromatic rings. The van der Waals surface area contributed by atoms with E-state index in [0.29, 0.717) is 0 Å². The zero-order valence-electron chi connectivity index (χ0n) is 8.31. The largest absolute Gasteiger partial charge is 0.504 e. The first-order valence-corrected chi connectivity index (χ1v) is 4.97. The molecule has 0 bridgehead atoms. The number of rotatable bonds is 1. The van der Waals surface area contributed by atoms with E-state index in [9.17, 15) is 9.90 Å². The van der Waals surface area contributed by atoms with Gasteiger partial charge in [0.15, 0.2) is 11.6 Å². The van der Waals surface area contributed by atoms with Crippen LogP contribution in [0.5, 0.6) is 5.75 Å². The van der Waals surface area contributed by atoms with Gasteiger partial charge in [0.25, 0.3) is 0 Å². The van der Waals surface area contributed by atoms with Crippen molar-refractivity contribution in [2.45, 2.75) is 12.8 Å². The molecule has 0 atom stereocenters. The van der Waals surface area contributed by atoms with Crippen LogP contribution in [0.3, 0.4) is 0 Å². The molecule has 1 saturated heterocycles. The number of nitrogens with zero attached hydrogens (tertiary/aromatic N) is 2. The van der Waals surface area contributed by atoms with Gasteiger partial charge in [0.2, 0.25) is 0 Å². The van der Waals surface area contributed by atoms with Crippen LogP contribution in [-0.2, 0) is 0 Å². The summed E-state index contributed by atoms with van der Waals surface area (Å²) in [6.45, 7) is 1.55. The third-order valence-corrected chi connectivity index (χ3v) is 2.41. The Kier molecular flexibility index (Phi) is 2.71. The SMILES string of the molecule is O=C(Nc1ncccc1O)N1CCCC1. The highest BCUT2D eigenvalue weighted by atomic mass is 16.3. The Morgan fingerprint density at radius 1 is 1.47 bits per heavy atom. The van der Waals surface area contributed by atoms with Gasteiger partial charge < -0.3 is 10.0 Å². The summed E-state index contributed by atoms with van der Waals surface area (Å²) in [4.78, 5) is 17.2. The Hall–Kier alpha value is -1.78. The fraction of sp³-hybridized carbons (Fsp3) is 0.400. The molecule has 0 aliphatic carbocycles. The number of hydrogen-bond donors (Lipinski definition) is 2. The van der Waals surface area contributed by atoms with Crippen LogP contribution in [0.4, 0.5) is 10.6 Å². The Morgan fingerprint density at radius 3 is 2.87 bits per heavy atom. The maximum absolute atomic E-state index is 11.6. The Bertz CT molecular complexity index is 361. The van der Waals surface area contributed by atoms with E-state index < -0.39 is 0 Å². The lowest BCUT2D eigenvalue weighted by Gasteiger charge is -2.15. The van der Waals surface area contributed by atoms with Crippen LogP contribution in [0, 0.1) is 0 Å². The van der Waals surface area contributed by atoms with Crippen LogP contribution in [0.1, 0.15) is 12.8 Å². The molecule has 0 unspecified atom stereocenters. The number of likely N-dealkylation sites (tertiary alicyclic amines) is 1. The molecule has 1 aromatic heterocycles. The third-order valence-electron chi connectivity index (χ3n) is 2.41. The average Bonchev–Trinajstić information content (AvgIpc) is 2.74. The third kappa shape index (κ3) is 2.18. The molecular weight excluding hydrogens is 194 g/mol. The predicted molar refractivity (Wildman–Crippen MR) is 55.7 cm³/mol. The van der Waals surface area contributed by atoms with Crippen molar-refractivity contribution < 1.29 is 9.90 Å². The van der Waals surface area contributed by atoms with Gasteiger partial charge in [-0.3, -0.25) is 5.32 Å². The average molecular weight is 207 g/mol. The van der Waals surface area contributed by atoms with Gasteiger partial charge in [0, 0.05) is 19.3 Å². The number of hydrogen-bond acceptors (Lipinski definition) is 3. The number of pyridine rings is 1. The number of amides is 2. The summed E-state index contributed by atoms with van der Waals surface area (Å²) >= 11 is 0. The lowest BCUT2D eigenvalue weighted by Crippen LogP contribution is -2.32. The molecule has 0 spiro atoms. The van der Waals surface area contributed by atoms with Crippen LogP contribution in [0.2, 0.25) is 0 Å². The van der Waals surface area contributed by atoms with Gasteiger partial charge in [-0.2, -0.15) is 0 Å². The summed E-state index contributed by atoms with van der Waals surface area (Å²) in [7, 11) is 0. The number of anilines is 1. The highest BCUT2D eigenvalue weighted by molar-refractivity contribution is 5.89. The highest BCUT2D eigenvalue weighted by Crippen LogP contribution is 2.19. The fourth-order valence-electron chi connectivity index (χ4n) is 1.59. The topological polar surface area (TPSA) is 65.5 Å². The van der Waals surface area contributed by atoms with Crippen LogP contribution in [-0.4, -0.2) is 34.1 Å². The molecule has 0 saturated carbocycles. The molecule has 0 aromatic carbocycles. The standard InChI is InChI=1S/C10H13N3O2/c14-8-4-3-5-11-9(8)12-10(15)13-6-1-2-7-13/h3-5,14H,1-2,6-7H2,(H,11,12,15). The molecule has 1 aliphatic heterocycles. The van der Waals surface area contributed by atoms with Crippen molar-refractivity contribution in [2.75, 3.05) is 18.4 Å². The van der Waals surface area contributed by atoms with E-state index in [1.54, 1.807) is 11.0 Å². The highest BCUT2D eigenvalue weighted by Gasteiger charge is 2.18. The maximum Gasteiger partial charge on any atom is 0.323 e. The lowest BCUT2D eigenvalue weighted by atomic mass is 10.4. The number of aromatic hydroxyl groups is 1. The number of carbonyl (C=O) groups is 1. The van der Waals surface area contributed by atoms with Crippen LogP contribution >= 0.6 is 0 Å². The van der Waals surface area contributed by atoms with Crippen LogP contribution < -0.4 is 5.32 Å². The molecule has 1 fully saturated rings. The molecule has 0 radical (unpaired) electrons. The molecule has 2 amide bonds. The molecule has 1 aliphatic rings. The summed E-state index contributed by atoms with van der Waals surface area (Å²) in [5.41, 5.74) is 0. The molecule has 2 rings (SSSR count). The van der Waals surface area contributed by atoms with E-state index in [-0.39, 0.29) is 17.6 Å². The number of carbonyl (C=O) groups excluding carboxylic acids is 1. The first kappa shape index (κ1) is 9.76. The van der Waals surface area contributed by atoms with Gasteiger partial charge in [-0.05, 0) is 25.0 Å². The van der Waals surface area contributed by atoms with E-state index in [1.807, 2.05) is 0 Å². The lowest BCUT2D eigenvalue weighted by molar-refractivity contribution is 0.222. The van der Waals surface area contributed by atoms with Gasteiger partial charge in [0.05, 0.1) is 0 Å². The van der Waals surface area contributed by atoms with E-state index in [1.165, 1.54) is 12.3 Å². The first-order valence-electron chi connectivity index (χ1n) is 4.97. The minimum absolute atomic E-state index is 0.00922. The van der Waals surface area contributed by atoms with Gasteiger partial charge >= 0.3 is 6.03 Å². The van der Waals surface area contributed by atoms with E-state index in [0.717, 1.165) is 25.9 Å². The minimum Gasteiger partial charge on any atom is -0.504 e. The molecule has 5 nitrogen and oxygen atoms in total. The van der Waals surface area contributed by atoms with Crippen molar-refractivity contribution in [1.29, 1.82) is 0 Å². The van der Waals surface area contributed by atoms with Crippen molar-refractivity contribution in [3.8, 4) is 5.75 Å². The van der Waals surface area contributed by atoms with E-state index in [4.69, 9.17) is 0 Å². The smallest absolute Gasteiger partial charge is 0.323 e. The molecule has 15 heavy (non-hydrogen) atoms. The number of urea groups is 1. The second kappa shape index (κ2) is 4.16. The second-order valence-electron chi connectivity index (χ2n) is 3.50. The maximum atomic E-state index is 11.6. The summed E-state index contributed by atoms with van der Waals surface area (Å²) in [5, 5.41) is 12.0. The zero-order chi connectivity index (χ0) is 10.7. The predicted octanol–water partition coefficient (Wildman–Crippen LogP) is 1.41. The molecule has 5 heteroatoms. The normalized spacial score (nSPS) is 15.3. The first-order chi connectivity index (χ1) is 7.27. The van der Waals surface area contributed by atoms with Gasteiger partial charge in [0.1, 0.15) is 0 Å². The molecule has 2 N–H and O–H groups in total. The van der Waals surface area contributed by atoms with Crippen molar-refractivity contribution >= 4 is 11.8 Å². The van der Waals surface area contributed by atoms with Crippen molar-refractivity contribution in [1.82, 2.24) is 9.88 Å². The number of aromatic nitrogens is 1.